The summed E-state index contributed by atoms with van der Waals surface area (Å²) in [6.07, 6.45) is 0. The lowest BCUT2D eigenvalue weighted by molar-refractivity contribution is -0.120. The molecule has 4 nitrogen and oxygen atoms in total. The minimum Gasteiger partial charge on any atom is -0.350 e. The van der Waals surface area contributed by atoms with Gasteiger partial charge in [-0.05, 0) is 67.1 Å². The van der Waals surface area contributed by atoms with Gasteiger partial charge in [-0.1, -0.05) is 53.2 Å². The molecule has 1 aliphatic rings. The number of nitrogens with one attached hydrogen (secondary N) is 1. The van der Waals surface area contributed by atoms with Gasteiger partial charge in [0.25, 0.3) is 11.8 Å². The fourth-order valence-corrected chi connectivity index (χ4v) is 4.37. The predicted molar refractivity (Wildman–Crippen MR) is 123 cm³/mol. The van der Waals surface area contributed by atoms with Crippen LogP contribution in [0.15, 0.2) is 88.3 Å². The van der Waals surface area contributed by atoms with Crippen LogP contribution in [0.3, 0.4) is 0 Å². The van der Waals surface area contributed by atoms with E-state index in [9.17, 15) is 9.59 Å². The van der Waals surface area contributed by atoms with Gasteiger partial charge in [-0.15, -0.1) is 0 Å². The van der Waals surface area contributed by atoms with Crippen LogP contribution in [0.25, 0.3) is 0 Å². The maximum atomic E-state index is 13.4. The van der Waals surface area contributed by atoms with Crippen LogP contribution in [0.1, 0.15) is 5.56 Å². The summed E-state index contributed by atoms with van der Waals surface area (Å²) in [5.41, 5.74) is 2.20. The lowest BCUT2D eigenvalue weighted by atomic mass is 10.2. The lowest BCUT2D eigenvalue weighted by Gasteiger charge is -2.18. The molecule has 0 spiro atoms. The molecular weight excluding hydrogens is 439 g/mol. The molecule has 30 heavy (non-hydrogen) atoms. The van der Waals surface area contributed by atoms with E-state index in [2.05, 4.69) is 5.32 Å². The number of carbonyl (C=O) groups is 2. The highest BCUT2D eigenvalue weighted by Crippen LogP contribution is 2.39. The summed E-state index contributed by atoms with van der Waals surface area (Å²) >= 11 is 13.3. The Balaban J connectivity index is 1.76. The average Bonchev–Trinajstić information content (AvgIpc) is 2.95. The molecule has 0 saturated carbocycles. The highest BCUT2D eigenvalue weighted by molar-refractivity contribution is 8.04. The van der Waals surface area contributed by atoms with Gasteiger partial charge in [0, 0.05) is 20.6 Å². The van der Waals surface area contributed by atoms with Gasteiger partial charge in [0.1, 0.15) is 10.6 Å². The van der Waals surface area contributed by atoms with Gasteiger partial charge in [0.2, 0.25) is 0 Å². The molecule has 1 heterocycles. The maximum absolute atomic E-state index is 13.4. The van der Waals surface area contributed by atoms with E-state index in [1.165, 1.54) is 16.7 Å². The van der Waals surface area contributed by atoms with Crippen molar-refractivity contribution in [2.45, 2.75) is 11.8 Å². The minimum atomic E-state index is -0.411. The van der Waals surface area contributed by atoms with Crippen molar-refractivity contribution in [1.82, 2.24) is 0 Å². The van der Waals surface area contributed by atoms with Crippen LogP contribution in [-0.2, 0) is 9.59 Å². The Hall–Kier alpha value is -2.73. The van der Waals surface area contributed by atoms with Gasteiger partial charge in [-0.25, -0.2) is 4.90 Å². The van der Waals surface area contributed by atoms with E-state index in [0.29, 0.717) is 20.6 Å². The molecule has 7 heteroatoms. The largest absolute Gasteiger partial charge is 0.350 e. The van der Waals surface area contributed by atoms with E-state index in [1.54, 1.807) is 30.3 Å². The van der Waals surface area contributed by atoms with Gasteiger partial charge in [-0.2, -0.15) is 0 Å². The molecule has 0 unspecified atom stereocenters. The SMILES string of the molecule is Cc1cc(Cl)ccc1N1C(=O)C(Nc2ccccc2)=C(Sc2ccc(Cl)cc2)C1=O. The fourth-order valence-electron chi connectivity index (χ4n) is 3.09. The number of benzene rings is 3. The number of carbonyl (C=O) groups excluding carboxylic acids is 2. The molecule has 3 aromatic rings. The number of aryl methyl sites for hydroxylation is 1. The molecule has 0 aromatic heterocycles. The number of imide groups is 1. The van der Waals surface area contributed by atoms with Gasteiger partial charge < -0.3 is 5.32 Å². The Morgan fingerprint density at radius 3 is 2.17 bits per heavy atom. The van der Waals surface area contributed by atoms with E-state index in [-0.39, 0.29) is 11.6 Å². The Morgan fingerprint density at radius 1 is 0.833 bits per heavy atom. The highest BCUT2D eigenvalue weighted by Gasteiger charge is 2.40. The van der Waals surface area contributed by atoms with Crippen LogP contribution >= 0.6 is 35.0 Å². The third-order valence-corrected chi connectivity index (χ3v) is 6.10. The van der Waals surface area contributed by atoms with E-state index < -0.39 is 5.91 Å². The quantitative estimate of drug-likeness (QED) is 0.460. The first kappa shape index (κ1) is 20.5. The van der Waals surface area contributed by atoms with Crippen molar-refractivity contribution < 1.29 is 9.59 Å². The monoisotopic (exact) mass is 454 g/mol. The Kier molecular flexibility index (Phi) is 5.86. The number of rotatable bonds is 5. The molecule has 3 aromatic carbocycles. The van der Waals surface area contributed by atoms with Crippen molar-refractivity contribution in [2.24, 2.45) is 0 Å². The normalized spacial score (nSPS) is 13.9. The summed E-state index contributed by atoms with van der Waals surface area (Å²) < 4.78 is 0. The summed E-state index contributed by atoms with van der Waals surface area (Å²) in [6, 6.07) is 21.5. The van der Waals surface area contributed by atoms with Crippen LogP contribution in [0.4, 0.5) is 11.4 Å². The summed E-state index contributed by atoms with van der Waals surface area (Å²) in [5, 5.41) is 4.27. The van der Waals surface area contributed by atoms with Crippen molar-refractivity contribution in [3.8, 4) is 0 Å². The topological polar surface area (TPSA) is 49.4 Å². The lowest BCUT2D eigenvalue weighted by Crippen LogP contribution is -2.32. The van der Waals surface area contributed by atoms with E-state index in [4.69, 9.17) is 23.2 Å². The smallest absolute Gasteiger partial charge is 0.283 e. The molecule has 2 amide bonds. The van der Waals surface area contributed by atoms with Crippen molar-refractivity contribution in [2.75, 3.05) is 10.2 Å². The zero-order valence-electron chi connectivity index (χ0n) is 15.9. The number of nitrogens with zero attached hydrogens (tertiary/aromatic N) is 1. The molecule has 0 bridgehead atoms. The second-order valence-corrected chi connectivity index (χ2v) is 8.58. The standard InChI is InChI=1S/C23H16Cl2N2O2S/c1-14-13-16(25)9-12-19(14)27-22(28)20(26-17-5-3-2-4-6-17)21(23(27)29)30-18-10-7-15(24)8-11-18/h2-13,26H,1H3. The van der Waals surface area contributed by atoms with Crippen LogP contribution in [0, 0.1) is 6.92 Å². The molecule has 0 radical (unpaired) electrons. The zero-order chi connectivity index (χ0) is 21.3. The Labute approximate surface area is 188 Å². The van der Waals surface area contributed by atoms with Crippen molar-refractivity contribution in [3.63, 3.8) is 0 Å². The second kappa shape index (κ2) is 8.56. The molecule has 0 atom stereocenters. The zero-order valence-corrected chi connectivity index (χ0v) is 18.2. The van der Waals surface area contributed by atoms with Crippen molar-refractivity contribution in [1.29, 1.82) is 0 Å². The van der Waals surface area contributed by atoms with E-state index >= 15 is 0 Å². The first-order valence-corrected chi connectivity index (χ1v) is 10.7. The molecular formula is C23H16Cl2N2O2S. The van der Waals surface area contributed by atoms with Crippen LogP contribution in [0.5, 0.6) is 0 Å². The van der Waals surface area contributed by atoms with Crippen LogP contribution in [0.2, 0.25) is 10.0 Å². The number of amides is 2. The maximum Gasteiger partial charge on any atom is 0.283 e. The third-order valence-electron chi connectivity index (χ3n) is 4.52. The van der Waals surface area contributed by atoms with Crippen molar-refractivity contribution >= 4 is 58.2 Å². The predicted octanol–water partition coefficient (Wildman–Crippen LogP) is 6.29. The minimum absolute atomic E-state index is 0.237. The van der Waals surface area contributed by atoms with Gasteiger partial charge >= 0.3 is 0 Å². The summed E-state index contributed by atoms with van der Waals surface area (Å²) in [6.45, 7) is 1.82. The first-order chi connectivity index (χ1) is 14.4. The number of thioether (sulfide) groups is 1. The molecule has 150 valence electrons. The molecule has 0 fully saturated rings. The number of para-hydroxylation sites is 1. The summed E-state index contributed by atoms with van der Waals surface area (Å²) in [5.74, 6) is -0.797. The Morgan fingerprint density at radius 2 is 1.50 bits per heavy atom. The van der Waals surface area contributed by atoms with E-state index in [0.717, 1.165) is 16.1 Å². The number of hydrogen-bond acceptors (Lipinski definition) is 4. The van der Waals surface area contributed by atoms with Gasteiger partial charge in [0.05, 0.1) is 5.69 Å². The summed E-state index contributed by atoms with van der Waals surface area (Å²) in [7, 11) is 0. The molecule has 1 N–H and O–H groups in total. The van der Waals surface area contributed by atoms with Gasteiger partial charge in [0.15, 0.2) is 0 Å². The third kappa shape index (κ3) is 4.10. The number of halogens is 2. The van der Waals surface area contributed by atoms with Crippen LogP contribution < -0.4 is 10.2 Å². The van der Waals surface area contributed by atoms with Crippen molar-refractivity contribution in [3.05, 3.63) is 99.0 Å². The molecule has 0 saturated heterocycles. The molecule has 0 aliphatic carbocycles. The number of anilines is 2. The van der Waals surface area contributed by atoms with Crippen LogP contribution in [-0.4, -0.2) is 11.8 Å². The summed E-state index contributed by atoms with van der Waals surface area (Å²) in [4.78, 5) is 29.0. The molecule has 4 rings (SSSR count). The first-order valence-electron chi connectivity index (χ1n) is 9.09. The highest BCUT2D eigenvalue weighted by atomic mass is 35.5. The van der Waals surface area contributed by atoms with Gasteiger partial charge in [-0.3, -0.25) is 9.59 Å². The second-order valence-electron chi connectivity index (χ2n) is 6.63. The fraction of sp³-hybridized carbons (Fsp3) is 0.0435. The number of hydrogen-bond donors (Lipinski definition) is 1. The Bertz CT molecular complexity index is 1160. The molecule has 1 aliphatic heterocycles. The average molecular weight is 455 g/mol. The van der Waals surface area contributed by atoms with E-state index in [1.807, 2.05) is 49.4 Å².